The van der Waals surface area contributed by atoms with Crippen LogP contribution in [-0.4, -0.2) is 38.7 Å². The summed E-state index contributed by atoms with van der Waals surface area (Å²) < 4.78 is 15.0. The van der Waals surface area contributed by atoms with Crippen molar-refractivity contribution in [2.45, 2.75) is 46.1 Å². The van der Waals surface area contributed by atoms with Crippen molar-refractivity contribution < 1.29 is 9.18 Å². The average molecular weight is 442 g/mol. The van der Waals surface area contributed by atoms with Gasteiger partial charge in [-0.05, 0) is 55.5 Å². The number of rotatable bonds is 6. The molecular formula is C23H28FN5OS. The zero-order valence-electron chi connectivity index (χ0n) is 18.1. The van der Waals surface area contributed by atoms with Crippen LogP contribution in [0.1, 0.15) is 61.3 Å². The molecule has 1 aromatic carbocycles. The number of anilines is 1. The molecule has 3 heterocycles. The first-order valence-corrected chi connectivity index (χ1v) is 11.6. The van der Waals surface area contributed by atoms with Crippen LogP contribution in [0.15, 0.2) is 35.8 Å². The number of hydrogen-bond donors (Lipinski definition) is 1. The van der Waals surface area contributed by atoms with E-state index < -0.39 is 0 Å². The minimum absolute atomic E-state index is 0.0567. The molecule has 31 heavy (non-hydrogen) atoms. The smallest absolute Gasteiger partial charge is 0.260 e. The minimum atomic E-state index is -0.307. The lowest BCUT2D eigenvalue weighted by molar-refractivity contribution is 0.102. The number of amides is 1. The average Bonchev–Trinajstić information content (AvgIpc) is 3.36. The molecule has 1 N–H and O–H groups in total. The fourth-order valence-corrected chi connectivity index (χ4v) is 4.83. The second-order valence-electron chi connectivity index (χ2n) is 8.57. The van der Waals surface area contributed by atoms with Crippen LogP contribution in [0, 0.1) is 11.7 Å². The quantitative estimate of drug-likeness (QED) is 0.580. The number of hydrogen-bond acceptors (Lipinski definition) is 5. The summed E-state index contributed by atoms with van der Waals surface area (Å²) in [6.45, 7) is 9.32. The van der Waals surface area contributed by atoms with E-state index in [9.17, 15) is 9.18 Å². The van der Waals surface area contributed by atoms with E-state index in [-0.39, 0.29) is 17.6 Å². The molecule has 1 fully saturated rings. The van der Waals surface area contributed by atoms with E-state index in [0.717, 1.165) is 42.6 Å². The van der Waals surface area contributed by atoms with E-state index >= 15 is 0 Å². The molecule has 8 heteroatoms. The molecule has 6 nitrogen and oxygen atoms in total. The summed E-state index contributed by atoms with van der Waals surface area (Å²) in [6.07, 6.45) is 4.08. The molecule has 1 amide bonds. The van der Waals surface area contributed by atoms with E-state index in [0.29, 0.717) is 10.7 Å². The van der Waals surface area contributed by atoms with Crippen molar-refractivity contribution in [1.29, 1.82) is 0 Å². The SMILES string of the molecule is CC1CCCN(Cc2csc(NC(=O)c3cnn(-c4ccc(F)cc4)c3C(C)C)n2)C1. The lowest BCUT2D eigenvalue weighted by Gasteiger charge is -2.30. The molecule has 0 radical (unpaired) electrons. The van der Waals surface area contributed by atoms with Crippen LogP contribution < -0.4 is 5.32 Å². The minimum Gasteiger partial charge on any atom is -0.298 e. The Morgan fingerprint density at radius 2 is 2.10 bits per heavy atom. The summed E-state index contributed by atoms with van der Waals surface area (Å²) in [7, 11) is 0. The number of benzene rings is 1. The van der Waals surface area contributed by atoms with Gasteiger partial charge in [0.2, 0.25) is 0 Å². The molecule has 1 atom stereocenters. The highest BCUT2D eigenvalue weighted by Gasteiger charge is 2.22. The molecule has 2 aromatic heterocycles. The summed E-state index contributed by atoms with van der Waals surface area (Å²) >= 11 is 1.44. The molecule has 0 saturated carbocycles. The van der Waals surface area contributed by atoms with Crippen LogP contribution >= 0.6 is 11.3 Å². The van der Waals surface area contributed by atoms with Gasteiger partial charge in [-0.25, -0.2) is 14.1 Å². The molecular weight excluding hydrogens is 413 g/mol. The molecule has 0 bridgehead atoms. The summed E-state index contributed by atoms with van der Waals surface area (Å²) in [6, 6.07) is 6.09. The summed E-state index contributed by atoms with van der Waals surface area (Å²) in [5.74, 6) is 0.239. The zero-order valence-corrected chi connectivity index (χ0v) is 19.0. The third-order valence-corrected chi connectivity index (χ3v) is 6.37. The number of carbonyl (C=O) groups excluding carboxylic acids is 1. The van der Waals surface area contributed by atoms with E-state index in [2.05, 4.69) is 27.2 Å². The molecule has 164 valence electrons. The maximum Gasteiger partial charge on any atom is 0.260 e. The predicted molar refractivity (Wildman–Crippen MR) is 121 cm³/mol. The lowest BCUT2D eigenvalue weighted by atomic mass is 10.0. The molecule has 1 saturated heterocycles. The number of halogens is 1. The van der Waals surface area contributed by atoms with Crippen LogP contribution in [-0.2, 0) is 6.54 Å². The van der Waals surface area contributed by atoms with E-state index in [1.165, 1.54) is 36.3 Å². The number of likely N-dealkylation sites (tertiary alicyclic amines) is 1. The third kappa shape index (κ3) is 5.02. The molecule has 1 aliphatic heterocycles. The van der Waals surface area contributed by atoms with Gasteiger partial charge in [0.25, 0.3) is 5.91 Å². The van der Waals surface area contributed by atoms with Gasteiger partial charge in [-0.15, -0.1) is 11.3 Å². The first-order chi connectivity index (χ1) is 14.9. The lowest BCUT2D eigenvalue weighted by Crippen LogP contribution is -2.33. The Bertz CT molecular complexity index is 1040. The first-order valence-electron chi connectivity index (χ1n) is 10.7. The summed E-state index contributed by atoms with van der Waals surface area (Å²) in [5, 5.41) is 9.94. The Balaban J connectivity index is 1.49. The zero-order chi connectivity index (χ0) is 22.0. The first kappa shape index (κ1) is 21.6. The van der Waals surface area contributed by atoms with Crippen molar-refractivity contribution >= 4 is 22.4 Å². The van der Waals surface area contributed by atoms with Crippen molar-refractivity contribution in [1.82, 2.24) is 19.7 Å². The largest absolute Gasteiger partial charge is 0.298 e. The fourth-order valence-electron chi connectivity index (χ4n) is 4.14. The van der Waals surface area contributed by atoms with Crippen LogP contribution in [0.3, 0.4) is 0 Å². The molecule has 3 aromatic rings. The molecule has 4 rings (SSSR count). The molecule has 0 spiro atoms. The van der Waals surface area contributed by atoms with Crippen molar-refractivity contribution in [3.63, 3.8) is 0 Å². The van der Waals surface area contributed by atoms with E-state index in [4.69, 9.17) is 0 Å². The van der Waals surface area contributed by atoms with Crippen molar-refractivity contribution in [3.05, 3.63) is 58.6 Å². The highest BCUT2D eigenvalue weighted by atomic mass is 32.1. The maximum absolute atomic E-state index is 13.3. The van der Waals surface area contributed by atoms with Crippen molar-refractivity contribution in [2.75, 3.05) is 18.4 Å². The molecule has 1 unspecified atom stereocenters. The Labute approximate surface area is 186 Å². The van der Waals surface area contributed by atoms with E-state index in [1.54, 1.807) is 23.0 Å². The van der Waals surface area contributed by atoms with Gasteiger partial charge in [0.05, 0.1) is 28.8 Å². The number of aromatic nitrogens is 3. The standard InChI is InChI=1S/C23H28FN5OS/c1-15(2)21-20(11-25-29(21)19-8-6-17(24)7-9-19)22(30)27-23-26-18(14-31-23)13-28-10-4-5-16(3)12-28/h6-9,11,14-16H,4-5,10,12-13H2,1-3H3,(H,26,27,30). The Kier molecular flexibility index (Phi) is 6.48. The van der Waals surface area contributed by atoms with Gasteiger partial charge in [-0.2, -0.15) is 5.10 Å². The maximum atomic E-state index is 13.3. The Morgan fingerprint density at radius 1 is 1.32 bits per heavy atom. The van der Waals surface area contributed by atoms with Crippen LogP contribution in [0.5, 0.6) is 0 Å². The number of nitrogens with zero attached hydrogens (tertiary/aromatic N) is 4. The van der Waals surface area contributed by atoms with Crippen LogP contribution in [0.2, 0.25) is 0 Å². The number of thiazole rings is 1. The normalized spacial score (nSPS) is 17.3. The Morgan fingerprint density at radius 3 is 2.81 bits per heavy atom. The second-order valence-corrected chi connectivity index (χ2v) is 9.43. The number of carbonyl (C=O) groups is 1. The van der Waals surface area contributed by atoms with Gasteiger partial charge < -0.3 is 0 Å². The molecule has 0 aliphatic carbocycles. The van der Waals surface area contributed by atoms with Crippen LogP contribution in [0.4, 0.5) is 9.52 Å². The third-order valence-electron chi connectivity index (χ3n) is 5.57. The summed E-state index contributed by atoms with van der Waals surface area (Å²) in [5.41, 5.74) is 2.99. The van der Waals surface area contributed by atoms with Gasteiger partial charge in [0.1, 0.15) is 5.82 Å². The van der Waals surface area contributed by atoms with Gasteiger partial charge in [0.15, 0.2) is 5.13 Å². The predicted octanol–water partition coefficient (Wildman–Crippen LogP) is 5.08. The van der Waals surface area contributed by atoms with Crippen molar-refractivity contribution in [3.8, 4) is 5.69 Å². The summed E-state index contributed by atoms with van der Waals surface area (Å²) in [4.78, 5) is 20.1. The topological polar surface area (TPSA) is 63.1 Å². The fraction of sp³-hybridized carbons (Fsp3) is 0.435. The highest BCUT2D eigenvalue weighted by Crippen LogP contribution is 2.25. The van der Waals surface area contributed by atoms with Gasteiger partial charge in [-0.3, -0.25) is 15.0 Å². The van der Waals surface area contributed by atoms with Gasteiger partial charge in [0, 0.05) is 18.5 Å². The highest BCUT2D eigenvalue weighted by molar-refractivity contribution is 7.14. The molecule has 1 aliphatic rings. The van der Waals surface area contributed by atoms with Gasteiger partial charge >= 0.3 is 0 Å². The second kappa shape index (κ2) is 9.28. The van der Waals surface area contributed by atoms with Crippen LogP contribution in [0.25, 0.3) is 5.69 Å². The van der Waals surface area contributed by atoms with Crippen molar-refractivity contribution in [2.24, 2.45) is 5.92 Å². The number of piperidine rings is 1. The van der Waals surface area contributed by atoms with Gasteiger partial charge in [-0.1, -0.05) is 20.8 Å². The Hall–Kier alpha value is -2.58. The van der Waals surface area contributed by atoms with E-state index in [1.807, 2.05) is 19.2 Å². The monoisotopic (exact) mass is 441 g/mol. The number of nitrogens with one attached hydrogen (secondary N) is 1.